The summed E-state index contributed by atoms with van der Waals surface area (Å²) >= 11 is 2.02. The fourth-order valence-electron chi connectivity index (χ4n) is 1.55. The van der Waals surface area contributed by atoms with Gasteiger partial charge < -0.3 is 5.32 Å². The molecule has 0 aromatic rings. The maximum atomic E-state index is 9.14. The van der Waals surface area contributed by atoms with E-state index < -0.39 is 0 Å². The van der Waals surface area contributed by atoms with Gasteiger partial charge in [-0.05, 0) is 43.7 Å². The Morgan fingerprint density at radius 3 is 2.56 bits per heavy atom. The molecule has 3 heteroatoms. The summed E-state index contributed by atoms with van der Waals surface area (Å²) in [4.78, 5) is 0. The summed E-state index contributed by atoms with van der Waals surface area (Å²) in [5.74, 6) is 3.25. The molecule has 2 atom stereocenters. The Labute approximate surface area is 105 Å². The van der Waals surface area contributed by atoms with Crippen molar-refractivity contribution < 1.29 is 0 Å². The van der Waals surface area contributed by atoms with Gasteiger partial charge in [0, 0.05) is 0 Å². The van der Waals surface area contributed by atoms with Crippen LogP contribution in [0.5, 0.6) is 0 Å². The highest BCUT2D eigenvalue weighted by Crippen LogP contribution is 2.19. The summed E-state index contributed by atoms with van der Waals surface area (Å²) in [6.45, 7) is 6.61. The fourth-order valence-corrected chi connectivity index (χ4v) is 2.70. The van der Waals surface area contributed by atoms with Crippen molar-refractivity contribution in [2.45, 2.75) is 52.0 Å². The van der Waals surface area contributed by atoms with Crippen molar-refractivity contribution in [1.29, 1.82) is 5.26 Å². The lowest BCUT2D eigenvalue weighted by Gasteiger charge is -2.24. The van der Waals surface area contributed by atoms with E-state index >= 15 is 0 Å². The van der Waals surface area contributed by atoms with E-state index in [-0.39, 0.29) is 5.54 Å². The zero-order valence-corrected chi connectivity index (χ0v) is 12.0. The minimum Gasteiger partial charge on any atom is -0.302 e. The first kappa shape index (κ1) is 15.8. The molecule has 0 aliphatic carbocycles. The van der Waals surface area contributed by atoms with Crippen molar-refractivity contribution in [1.82, 2.24) is 5.32 Å². The van der Waals surface area contributed by atoms with Crippen LogP contribution in [0.25, 0.3) is 0 Å². The van der Waals surface area contributed by atoms with E-state index in [0.29, 0.717) is 0 Å². The first-order valence-electron chi connectivity index (χ1n) is 6.32. The number of nitrogens with zero attached hydrogens (tertiary/aromatic N) is 1. The van der Waals surface area contributed by atoms with Crippen molar-refractivity contribution in [3.8, 4) is 6.07 Å². The molecule has 16 heavy (non-hydrogen) atoms. The second-order valence-electron chi connectivity index (χ2n) is 4.49. The molecule has 0 aromatic carbocycles. The van der Waals surface area contributed by atoms with E-state index in [2.05, 4.69) is 32.2 Å². The van der Waals surface area contributed by atoms with Crippen LogP contribution in [0.15, 0.2) is 0 Å². The van der Waals surface area contributed by atoms with Gasteiger partial charge in [-0.2, -0.15) is 17.0 Å². The Bertz CT molecular complexity index is 206. The molecule has 0 fully saturated rings. The largest absolute Gasteiger partial charge is 0.302 e. The molecule has 0 radical (unpaired) electrons. The van der Waals surface area contributed by atoms with Gasteiger partial charge in [0.1, 0.15) is 5.54 Å². The number of hydrogen-bond acceptors (Lipinski definition) is 3. The van der Waals surface area contributed by atoms with Gasteiger partial charge in [-0.15, -0.1) is 0 Å². The Hall–Kier alpha value is -0.200. The van der Waals surface area contributed by atoms with Gasteiger partial charge in [0.05, 0.1) is 6.07 Å². The molecule has 0 aliphatic rings. The molecule has 0 heterocycles. The van der Waals surface area contributed by atoms with Crippen LogP contribution in [0.4, 0.5) is 0 Å². The van der Waals surface area contributed by atoms with Crippen LogP contribution in [-0.2, 0) is 0 Å². The molecule has 2 nitrogen and oxygen atoms in total. The highest BCUT2D eigenvalue weighted by molar-refractivity contribution is 7.99. The molecular weight excluding hydrogens is 216 g/mol. The van der Waals surface area contributed by atoms with Crippen LogP contribution >= 0.6 is 11.8 Å². The third-order valence-corrected chi connectivity index (χ3v) is 4.67. The minimum atomic E-state index is -0.295. The zero-order chi connectivity index (χ0) is 12.4. The summed E-state index contributed by atoms with van der Waals surface area (Å²) in [5, 5.41) is 12.3. The minimum absolute atomic E-state index is 0.295. The van der Waals surface area contributed by atoms with Crippen LogP contribution in [-0.4, -0.2) is 24.1 Å². The lowest BCUT2D eigenvalue weighted by Crippen LogP contribution is -2.40. The monoisotopic (exact) mass is 242 g/mol. The molecule has 0 bridgehead atoms. The highest BCUT2D eigenvalue weighted by Gasteiger charge is 2.24. The number of rotatable bonds is 9. The van der Waals surface area contributed by atoms with Crippen LogP contribution < -0.4 is 5.32 Å². The van der Waals surface area contributed by atoms with Crippen LogP contribution in [0.1, 0.15) is 46.5 Å². The van der Waals surface area contributed by atoms with Gasteiger partial charge >= 0.3 is 0 Å². The SMILES string of the molecule is CCC(C)CSCCCC(C#N)(CC)NC. The molecular formula is C13H26N2S. The lowest BCUT2D eigenvalue weighted by atomic mass is 9.93. The summed E-state index contributed by atoms with van der Waals surface area (Å²) in [5.41, 5.74) is -0.295. The molecule has 0 aliphatic heterocycles. The molecule has 1 N–H and O–H groups in total. The first-order valence-corrected chi connectivity index (χ1v) is 7.47. The number of thioether (sulfide) groups is 1. The van der Waals surface area contributed by atoms with Crippen molar-refractivity contribution in [3.63, 3.8) is 0 Å². The average molecular weight is 242 g/mol. The zero-order valence-electron chi connectivity index (χ0n) is 11.2. The third-order valence-electron chi connectivity index (χ3n) is 3.29. The lowest BCUT2D eigenvalue weighted by molar-refractivity contribution is 0.400. The summed E-state index contributed by atoms with van der Waals surface area (Å²) in [6, 6.07) is 2.41. The molecule has 0 spiro atoms. The fraction of sp³-hybridized carbons (Fsp3) is 0.923. The van der Waals surface area contributed by atoms with E-state index in [1.54, 1.807) is 0 Å². The highest BCUT2D eigenvalue weighted by atomic mass is 32.2. The number of hydrogen-bond donors (Lipinski definition) is 1. The van der Waals surface area contributed by atoms with Gasteiger partial charge in [0.25, 0.3) is 0 Å². The van der Waals surface area contributed by atoms with Crippen LogP contribution in [0, 0.1) is 17.2 Å². The van der Waals surface area contributed by atoms with Gasteiger partial charge in [-0.1, -0.05) is 27.2 Å². The predicted octanol–water partition coefficient (Wildman–Crippen LogP) is 3.44. The van der Waals surface area contributed by atoms with Gasteiger partial charge in [-0.3, -0.25) is 0 Å². The van der Waals surface area contributed by atoms with Gasteiger partial charge in [0.15, 0.2) is 0 Å². The number of nitrogens with one attached hydrogen (secondary N) is 1. The molecule has 0 saturated carbocycles. The van der Waals surface area contributed by atoms with E-state index in [4.69, 9.17) is 5.26 Å². The molecule has 94 valence electrons. The Kier molecular flexibility index (Phi) is 8.78. The smallest absolute Gasteiger partial charge is 0.106 e. The second-order valence-corrected chi connectivity index (χ2v) is 5.64. The third kappa shape index (κ3) is 5.77. The van der Waals surface area contributed by atoms with Crippen LogP contribution in [0.3, 0.4) is 0 Å². The van der Waals surface area contributed by atoms with Crippen LogP contribution in [0.2, 0.25) is 0 Å². The summed E-state index contributed by atoms with van der Waals surface area (Å²) in [7, 11) is 1.89. The Morgan fingerprint density at radius 1 is 1.44 bits per heavy atom. The van der Waals surface area contributed by atoms with Crippen molar-refractivity contribution >= 4 is 11.8 Å². The molecule has 2 unspecified atom stereocenters. The topological polar surface area (TPSA) is 35.8 Å². The van der Waals surface area contributed by atoms with E-state index in [0.717, 1.165) is 25.2 Å². The van der Waals surface area contributed by atoms with E-state index in [1.807, 2.05) is 18.8 Å². The van der Waals surface area contributed by atoms with Gasteiger partial charge in [-0.25, -0.2) is 0 Å². The van der Waals surface area contributed by atoms with E-state index in [9.17, 15) is 0 Å². The standard InChI is InChI=1S/C13H26N2S/c1-5-12(3)10-16-9-7-8-13(6-2,11-14)15-4/h12,15H,5-10H2,1-4H3. The Morgan fingerprint density at radius 2 is 2.12 bits per heavy atom. The summed E-state index contributed by atoms with van der Waals surface area (Å²) in [6.07, 6.45) is 4.24. The molecule has 0 saturated heterocycles. The molecule has 0 amide bonds. The molecule has 0 rings (SSSR count). The first-order chi connectivity index (χ1) is 7.64. The maximum Gasteiger partial charge on any atom is 0.106 e. The maximum absolute atomic E-state index is 9.14. The van der Waals surface area contributed by atoms with Crippen molar-refractivity contribution in [3.05, 3.63) is 0 Å². The van der Waals surface area contributed by atoms with Gasteiger partial charge in [0.2, 0.25) is 0 Å². The normalized spacial score (nSPS) is 16.4. The average Bonchev–Trinajstić information content (AvgIpc) is 2.34. The van der Waals surface area contributed by atoms with E-state index in [1.165, 1.54) is 17.9 Å². The number of nitriles is 1. The van der Waals surface area contributed by atoms with Crippen molar-refractivity contribution in [2.24, 2.45) is 5.92 Å². The molecule has 0 aromatic heterocycles. The quantitative estimate of drug-likeness (QED) is 0.629. The summed E-state index contributed by atoms with van der Waals surface area (Å²) < 4.78 is 0. The van der Waals surface area contributed by atoms with Crippen molar-refractivity contribution in [2.75, 3.05) is 18.6 Å². The second kappa shape index (κ2) is 8.90. The Balaban J connectivity index is 3.68. The predicted molar refractivity (Wildman–Crippen MR) is 73.7 cm³/mol.